The van der Waals surface area contributed by atoms with Crippen LogP contribution in [0.15, 0.2) is 41.4 Å². The van der Waals surface area contributed by atoms with Crippen molar-refractivity contribution in [2.24, 2.45) is 0 Å². The lowest BCUT2D eigenvalue weighted by Gasteiger charge is -2.00. The summed E-state index contributed by atoms with van der Waals surface area (Å²) in [6, 6.07) is 8.14. The van der Waals surface area contributed by atoms with Crippen LogP contribution in [-0.4, -0.2) is 30.5 Å². The molecule has 0 bridgehead atoms. The Morgan fingerprint density at radius 1 is 1.22 bits per heavy atom. The standard InChI is InChI=1S/C15H13N3O3S2/c1-9-3-4-10(8-16-9)14(19)18-15-17-12-6-5-11(23(2,20)21)7-13(12)22-15/h3-8H,1-2H3,(H,17,18,19). The summed E-state index contributed by atoms with van der Waals surface area (Å²) in [6.45, 7) is 1.84. The summed E-state index contributed by atoms with van der Waals surface area (Å²) in [7, 11) is -3.27. The Labute approximate surface area is 137 Å². The van der Waals surface area contributed by atoms with E-state index in [2.05, 4.69) is 15.3 Å². The number of aryl methyl sites for hydroxylation is 1. The summed E-state index contributed by atoms with van der Waals surface area (Å²) in [6.07, 6.45) is 2.65. The Morgan fingerprint density at radius 3 is 2.65 bits per heavy atom. The number of nitrogens with zero attached hydrogens (tertiary/aromatic N) is 2. The average Bonchev–Trinajstić information content (AvgIpc) is 2.88. The number of anilines is 1. The van der Waals surface area contributed by atoms with Crippen molar-refractivity contribution in [3.8, 4) is 0 Å². The predicted molar refractivity (Wildman–Crippen MR) is 89.7 cm³/mol. The van der Waals surface area contributed by atoms with Crippen LogP contribution in [0.5, 0.6) is 0 Å². The van der Waals surface area contributed by atoms with Gasteiger partial charge in [-0.25, -0.2) is 13.4 Å². The quantitative estimate of drug-likeness (QED) is 0.787. The second kappa shape index (κ2) is 5.71. The van der Waals surface area contributed by atoms with Gasteiger partial charge in [0, 0.05) is 18.1 Å². The Kier molecular flexibility index (Phi) is 3.87. The molecule has 2 aromatic heterocycles. The van der Waals surface area contributed by atoms with E-state index in [0.29, 0.717) is 20.9 Å². The predicted octanol–water partition coefficient (Wildman–Crippen LogP) is 2.66. The molecule has 0 saturated heterocycles. The number of nitrogens with one attached hydrogen (secondary N) is 1. The fourth-order valence-corrected chi connectivity index (χ4v) is 3.58. The number of pyridine rings is 1. The summed E-state index contributed by atoms with van der Waals surface area (Å²) >= 11 is 1.23. The number of sulfone groups is 1. The zero-order chi connectivity index (χ0) is 16.6. The highest BCUT2D eigenvalue weighted by molar-refractivity contribution is 7.90. The van der Waals surface area contributed by atoms with Crippen LogP contribution < -0.4 is 5.32 Å². The minimum Gasteiger partial charge on any atom is -0.298 e. The molecule has 6 nitrogen and oxygen atoms in total. The van der Waals surface area contributed by atoms with E-state index in [1.54, 1.807) is 24.3 Å². The van der Waals surface area contributed by atoms with E-state index < -0.39 is 9.84 Å². The van der Waals surface area contributed by atoms with Gasteiger partial charge >= 0.3 is 0 Å². The van der Waals surface area contributed by atoms with E-state index in [0.717, 1.165) is 11.9 Å². The number of aromatic nitrogens is 2. The van der Waals surface area contributed by atoms with Crippen LogP contribution in [0.25, 0.3) is 10.2 Å². The molecule has 0 atom stereocenters. The zero-order valence-electron chi connectivity index (χ0n) is 12.4. The van der Waals surface area contributed by atoms with Gasteiger partial charge in [0.15, 0.2) is 15.0 Å². The molecule has 0 radical (unpaired) electrons. The van der Waals surface area contributed by atoms with E-state index in [-0.39, 0.29) is 10.8 Å². The molecule has 0 aliphatic carbocycles. The van der Waals surface area contributed by atoms with Crippen molar-refractivity contribution in [2.45, 2.75) is 11.8 Å². The number of thiazole rings is 1. The van der Waals surface area contributed by atoms with Crippen molar-refractivity contribution in [1.82, 2.24) is 9.97 Å². The van der Waals surface area contributed by atoms with E-state index >= 15 is 0 Å². The summed E-state index contributed by atoms with van der Waals surface area (Å²) in [5.74, 6) is -0.306. The van der Waals surface area contributed by atoms with Gasteiger partial charge in [-0.3, -0.25) is 15.1 Å². The van der Waals surface area contributed by atoms with Gasteiger partial charge in [0.05, 0.1) is 20.7 Å². The summed E-state index contributed by atoms with van der Waals surface area (Å²) in [5.41, 5.74) is 1.90. The maximum absolute atomic E-state index is 12.1. The van der Waals surface area contributed by atoms with Crippen LogP contribution in [0.2, 0.25) is 0 Å². The van der Waals surface area contributed by atoms with Crippen LogP contribution in [0.4, 0.5) is 5.13 Å². The Bertz CT molecular complexity index is 992. The Hall–Kier alpha value is -2.32. The molecule has 0 aliphatic heterocycles. The minimum absolute atomic E-state index is 0.231. The molecular weight excluding hydrogens is 334 g/mol. The number of hydrogen-bond donors (Lipinski definition) is 1. The third-order valence-electron chi connectivity index (χ3n) is 3.18. The highest BCUT2D eigenvalue weighted by Gasteiger charge is 2.13. The van der Waals surface area contributed by atoms with Gasteiger partial charge in [-0.2, -0.15) is 0 Å². The molecule has 3 aromatic rings. The first-order valence-electron chi connectivity index (χ1n) is 6.67. The Morgan fingerprint density at radius 2 is 2.00 bits per heavy atom. The van der Waals surface area contributed by atoms with Gasteiger partial charge in [0.1, 0.15) is 0 Å². The lowest BCUT2D eigenvalue weighted by molar-refractivity contribution is 0.102. The van der Waals surface area contributed by atoms with Gasteiger partial charge in [-0.15, -0.1) is 0 Å². The topological polar surface area (TPSA) is 89.0 Å². The maximum Gasteiger partial charge on any atom is 0.259 e. The normalized spacial score (nSPS) is 11.6. The van der Waals surface area contributed by atoms with Gasteiger partial charge in [0.2, 0.25) is 0 Å². The zero-order valence-corrected chi connectivity index (χ0v) is 14.0. The SMILES string of the molecule is Cc1ccc(C(=O)Nc2nc3ccc(S(C)(=O)=O)cc3s2)cn1. The highest BCUT2D eigenvalue weighted by atomic mass is 32.2. The molecule has 1 amide bonds. The van der Waals surface area contributed by atoms with Crippen LogP contribution in [0, 0.1) is 6.92 Å². The van der Waals surface area contributed by atoms with Gasteiger partial charge in [0.25, 0.3) is 5.91 Å². The number of carbonyl (C=O) groups is 1. The first-order valence-corrected chi connectivity index (χ1v) is 9.38. The largest absolute Gasteiger partial charge is 0.298 e. The fourth-order valence-electron chi connectivity index (χ4n) is 1.96. The molecule has 23 heavy (non-hydrogen) atoms. The van der Waals surface area contributed by atoms with Crippen LogP contribution in [0.3, 0.4) is 0 Å². The molecule has 8 heteroatoms. The number of benzene rings is 1. The molecule has 1 aromatic carbocycles. The van der Waals surface area contributed by atoms with E-state index in [9.17, 15) is 13.2 Å². The van der Waals surface area contributed by atoms with Crippen molar-refractivity contribution < 1.29 is 13.2 Å². The van der Waals surface area contributed by atoms with Crippen LogP contribution in [0.1, 0.15) is 16.1 Å². The lowest BCUT2D eigenvalue weighted by Crippen LogP contribution is -2.11. The monoisotopic (exact) mass is 347 g/mol. The fraction of sp³-hybridized carbons (Fsp3) is 0.133. The second-order valence-corrected chi connectivity index (χ2v) is 8.11. The molecule has 118 valence electrons. The van der Waals surface area contributed by atoms with Gasteiger partial charge < -0.3 is 0 Å². The second-order valence-electron chi connectivity index (χ2n) is 5.06. The molecule has 2 heterocycles. The molecule has 1 N–H and O–H groups in total. The summed E-state index contributed by atoms with van der Waals surface area (Å²) < 4.78 is 23.9. The first kappa shape index (κ1) is 15.6. The van der Waals surface area contributed by atoms with Crippen molar-refractivity contribution in [2.75, 3.05) is 11.6 Å². The minimum atomic E-state index is -3.27. The third kappa shape index (κ3) is 3.38. The van der Waals surface area contributed by atoms with Crippen molar-refractivity contribution in [1.29, 1.82) is 0 Å². The molecule has 0 aliphatic rings. The third-order valence-corrected chi connectivity index (χ3v) is 5.23. The van der Waals surface area contributed by atoms with E-state index in [1.165, 1.54) is 23.6 Å². The maximum atomic E-state index is 12.1. The number of amides is 1. The number of rotatable bonds is 3. The number of fused-ring (bicyclic) bond motifs is 1. The first-order chi connectivity index (χ1) is 10.8. The Balaban J connectivity index is 1.89. The smallest absolute Gasteiger partial charge is 0.259 e. The number of carbonyl (C=O) groups excluding carboxylic acids is 1. The molecule has 3 rings (SSSR count). The van der Waals surface area contributed by atoms with Gasteiger partial charge in [-0.1, -0.05) is 11.3 Å². The molecule has 0 saturated carbocycles. The van der Waals surface area contributed by atoms with E-state index in [4.69, 9.17) is 0 Å². The van der Waals surface area contributed by atoms with Crippen molar-refractivity contribution >= 4 is 42.4 Å². The van der Waals surface area contributed by atoms with Crippen LogP contribution in [-0.2, 0) is 9.84 Å². The van der Waals surface area contributed by atoms with Crippen molar-refractivity contribution in [3.05, 3.63) is 47.8 Å². The summed E-state index contributed by atoms with van der Waals surface area (Å²) in [5, 5.41) is 3.12. The van der Waals surface area contributed by atoms with E-state index in [1.807, 2.05) is 6.92 Å². The highest BCUT2D eigenvalue weighted by Crippen LogP contribution is 2.28. The van der Waals surface area contributed by atoms with Crippen molar-refractivity contribution in [3.63, 3.8) is 0 Å². The van der Waals surface area contributed by atoms with Gasteiger partial charge in [-0.05, 0) is 37.3 Å². The molecule has 0 unspecified atom stereocenters. The molecular formula is C15H13N3O3S2. The summed E-state index contributed by atoms with van der Waals surface area (Å²) in [4.78, 5) is 20.7. The lowest BCUT2D eigenvalue weighted by atomic mass is 10.2. The molecule has 0 spiro atoms. The number of hydrogen-bond acceptors (Lipinski definition) is 6. The molecule has 0 fully saturated rings. The average molecular weight is 347 g/mol. The van der Waals surface area contributed by atoms with Crippen LogP contribution >= 0.6 is 11.3 Å².